The molecule has 0 aliphatic carbocycles. The third kappa shape index (κ3) is 0.888. The lowest BCUT2D eigenvalue weighted by Gasteiger charge is -1.95. The number of hydrogen-bond donors (Lipinski definition) is 0. The largest absolute Gasteiger partial charge is 0.265 e. The van der Waals surface area contributed by atoms with Gasteiger partial charge in [-0.15, -0.1) is 0 Å². The maximum Gasteiger partial charge on any atom is 0.0713 e. The fourth-order valence-electron chi connectivity index (χ4n) is 1.18. The summed E-state index contributed by atoms with van der Waals surface area (Å²) in [4.78, 5) is 4.01. The molecule has 0 aliphatic heterocycles. The van der Waals surface area contributed by atoms with Gasteiger partial charge in [0.2, 0.25) is 0 Å². The third-order valence-electron chi connectivity index (χ3n) is 1.74. The molecule has 56 valence electrons. The number of aromatic nitrogens is 3. The normalized spacial score (nSPS) is 10.6. The van der Waals surface area contributed by atoms with Crippen LogP contribution < -0.4 is 0 Å². The number of fused-ring (bicyclic) bond motifs is 1. The van der Waals surface area contributed by atoms with Crippen molar-refractivity contribution in [2.24, 2.45) is 0 Å². The second-order valence-electron chi connectivity index (χ2n) is 2.39. The van der Waals surface area contributed by atoms with Gasteiger partial charge in [0.05, 0.1) is 11.7 Å². The minimum absolute atomic E-state index is 0.910. The van der Waals surface area contributed by atoms with Gasteiger partial charge >= 0.3 is 0 Å². The first-order valence-corrected chi connectivity index (χ1v) is 3.67. The number of hydrogen-bond acceptors (Lipinski definition) is 2. The molecule has 0 amide bonds. The van der Waals surface area contributed by atoms with E-state index >= 15 is 0 Å². The maximum atomic E-state index is 4.19. The van der Waals surface area contributed by atoms with Crippen molar-refractivity contribution in [3.63, 3.8) is 0 Å². The summed E-state index contributed by atoms with van der Waals surface area (Å²) in [6.45, 7) is 2.99. The summed E-state index contributed by atoms with van der Waals surface area (Å²) in [6.07, 6.45) is 5.45. The number of nitrogens with zero attached hydrogens (tertiary/aromatic N) is 3. The lowest BCUT2D eigenvalue weighted by atomic mass is 10.3. The lowest BCUT2D eigenvalue weighted by molar-refractivity contribution is 0.684. The van der Waals surface area contributed by atoms with Gasteiger partial charge in [0.1, 0.15) is 0 Å². The maximum absolute atomic E-state index is 4.19. The molecule has 2 heterocycles. The van der Waals surface area contributed by atoms with Crippen LogP contribution in [-0.4, -0.2) is 14.8 Å². The SMILES string of the molecule is CCn1ncc2cnccc21. The van der Waals surface area contributed by atoms with Crippen LogP contribution in [0.5, 0.6) is 0 Å². The predicted molar refractivity (Wildman–Crippen MR) is 43.2 cm³/mol. The second-order valence-corrected chi connectivity index (χ2v) is 2.39. The molecule has 2 aromatic heterocycles. The smallest absolute Gasteiger partial charge is 0.0713 e. The van der Waals surface area contributed by atoms with Gasteiger partial charge in [0, 0.05) is 24.3 Å². The van der Waals surface area contributed by atoms with Gasteiger partial charge in [-0.2, -0.15) is 5.10 Å². The lowest BCUT2D eigenvalue weighted by Crippen LogP contribution is -1.94. The number of aryl methyl sites for hydroxylation is 1. The quantitative estimate of drug-likeness (QED) is 0.611. The summed E-state index contributed by atoms with van der Waals surface area (Å²) in [6, 6.07) is 1.98. The zero-order valence-corrected chi connectivity index (χ0v) is 6.36. The summed E-state index contributed by atoms with van der Waals surface area (Å²) in [5, 5.41) is 5.30. The molecule has 0 fully saturated rings. The molecule has 3 heteroatoms. The van der Waals surface area contributed by atoms with Crippen molar-refractivity contribution in [3.05, 3.63) is 24.7 Å². The third-order valence-corrected chi connectivity index (χ3v) is 1.74. The van der Waals surface area contributed by atoms with Crippen LogP contribution in [0.1, 0.15) is 6.92 Å². The highest BCUT2D eigenvalue weighted by molar-refractivity contribution is 5.76. The first-order valence-electron chi connectivity index (χ1n) is 3.67. The minimum atomic E-state index is 0.910. The van der Waals surface area contributed by atoms with Gasteiger partial charge < -0.3 is 0 Å². The summed E-state index contributed by atoms with van der Waals surface area (Å²) in [5.41, 5.74) is 1.16. The fraction of sp³-hybridized carbons (Fsp3) is 0.250. The van der Waals surface area contributed by atoms with Gasteiger partial charge in [-0.05, 0) is 13.0 Å². The molecule has 0 radical (unpaired) electrons. The molecule has 0 N–H and O–H groups in total. The monoisotopic (exact) mass is 147 g/mol. The number of pyridine rings is 1. The van der Waals surface area contributed by atoms with Crippen molar-refractivity contribution in [1.29, 1.82) is 0 Å². The fourth-order valence-corrected chi connectivity index (χ4v) is 1.18. The molecule has 0 saturated carbocycles. The predicted octanol–water partition coefficient (Wildman–Crippen LogP) is 1.45. The average molecular weight is 147 g/mol. The molecule has 0 atom stereocenters. The van der Waals surface area contributed by atoms with Gasteiger partial charge in [0.25, 0.3) is 0 Å². The second kappa shape index (κ2) is 2.34. The van der Waals surface area contributed by atoms with Crippen LogP contribution in [0.2, 0.25) is 0 Å². The van der Waals surface area contributed by atoms with Gasteiger partial charge in [-0.3, -0.25) is 9.67 Å². The first-order chi connectivity index (χ1) is 5.42. The Balaban J connectivity index is 2.76. The molecule has 0 spiro atoms. The van der Waals surface area contributed by atoms with Gasteiger partial charge in [-0.1, -0.05) is 0 Å². The Morgan fingerprint density at radius 2 is 2.36 bits per heavy atom. The number of rotatable bonds is 1. The molecule has 0 unspecified atom stereocenters. The van der Waals surface area contributed by atoms with E-state index in [-0.39, 0.29) is 0 Å². The Kier molecular flexibility index (Phi) is 1.35. The zero-order valence-electron chi connectivity index (χ0n) is 6.36. The summed E-state index contributed by atoms with van der Waals surface area (Å²) >= 11 is 0. The van der Waals surface area contributed by atoms with Crippen LogP contribution in [-0.2, 0) is 6.54 Å². The first kappa shape index (κ1) is 6.34. The van der Waals surface area contributed by atoms with E-state index < -0.39 is 0 Å². The van der Waals surface area contributed by atoms with E-state index in [0.717, 1.165) is 17.4 Å². The van der Waals surface area contributed by atoms with E-state index in [2.05, 4.69) is 17.0 Å². The van der Waals surface area contributed by atoms with Crippen molar-refractivity contribution < 1.29 is 0 Å². The highest BCUT2D eigenvalue weighted by Crippen LogP contribution is 2.09. The topological polar surface area (TPSA) is 30.7 Å². The van der Waals surface area contributed by atoms with E-state index in [1.807, 2.05) is 23.1 Å². The molecular weight excluding hydrogens is 138 g/mol. The van der Waals surface area contributed by atoms with E-state index in [9.17, 15) is 0 Å². The molecule has 2 aromatic rings. The zero-order chi connectivity index (χ0) is 7.68. The molecule has 3 nitrogen and oxygen atoms in total. The standard InChI is InChI=1S/C8H9N3/c1-2-11-8-3-4-9-5-7(8)6-10-11/h3-6H,2H2,1H3. The van der Waals surface area contributed by atoms with E-state index in [1.54, 1.807) is 6.20 Å². The molecule has 0 aromatic carbocycles. The summed E-state index contributed by atoms with van der Waals surface area (Å²) in [5.74, 6) is 0. The highest BCUT2D eigenvalue weighted by Gasteiger charge is 1.97. The average Bonchev–Trinajstić information content (AvgIpc) is 2.47. The van der Waals surface area contributed by atoms with E-state index in [0.29, 0.717) is 0 Å². The Bertz CT molecular complexity index is 364. The Labute approximate surface area is 64.7 Å². The Hall–Kier alpha value is -1.38. The van der Waals surface area contributed by atoms with Gasteiger partial charge in [0.15, 0.2) is 0 Å². The minimum Gasteiger partial charge on any atom is -0.265 e. The van der Waals surface area contributed by atoms with Crippen molar-refractivity contribution in [1.82, 2.24) is 14.8 Å². The van der Waals surface area contributed by atoms with Crippen LogP contribution in [0, 0.1) is 0 Å². The van der Waals surface area contributed by atoms with E-state index in [4.69, 9.17) is 0 Å². The van der Waals surface area contributed by atoms with Crippen LogP contribution in [0.3, 0.4) is 0 Å². The summed E-state index contributed by atoms with van der Waals surface area (Å²) < 4.78 is 1.96. The molecule has 0 aliphatic rings. The highest BCUT2D eigenvalue weighted by atomic mass is 15.3. The van der Waals surface area contributed by atoms with Crippen molar-refractivity contribution in [2.45, 2.75) is 13.5 Å². The molecule has 11 heavy (non-hydrogen) atoms. The summed E-state index contributed by atoms with van der Waals surface area (Å²) in [7, 11) is 0. The molecule has 2 rings (SSSR count). The van der Waals surface area contributed by atoms with Crippen molar-refractivity contribution in [3.8, 4) is 0 Å². The van der Waals surface area contributed by atoms with Gasteiger partial charge in [-0.25, -0.2) is 0 Å². The Morgan fingerprint density at radius 3 is 3.18 bits per heavy atom. The molecule has 0 saturated heterocycles. The van der Waals surface area contributed by atoms with Crippen molar-refractivity contribution in [2.75, 3.05) is 0 Å². The van der Waals surface area contributed by atoms with Crippen LogP contribution in [0.25, 0.3) is 10.9 Å². The van der Waals surface area contributed by atoms with E-state index in [1.165, 1.54) is 0 Å². The Morgan fingerprint density at radius 1 is 1.45 bits per heavy atom. The van der Waals surface area contributed by atoms with Crippen molar-refractivity contribution >= 4 is 10.9 Å². The van der Waals surface area contributed by atoms with Crippen LogP contribution in [0.4, 0.5) is 0 Å². The van der Waals surface area contributed by atoms with Crippen LogP contribution in [0.15, 0.2) is 24.7 Å². The molecular formula is C8H9N3. The van der Waals surface area contributed by atoms with Crippen LogP contribution >= 0.6 is 0 Å². The molecule has 0 bridgehead atoms.